The zero-order valence-corrected chi connectivity index (χ0v) is 7.76. The molecule has 5 heteroatoms. The van der Waals surface area contributed by atoms with E-state index in [0.717, 1.165) is 6.42 Å². The van der Waals surface area contributed by atoms with Crippen LogP contribution in [-0.4, -0.2) is 31.6 Å². The van der Waals surface area contributed by atoms with Crippen LogP contribution in [0.3, 0.4) is 0 Å². The lowest BCUT2D eigenvalue weighted by Crippen LogP contribution is -2.29. The monoisotopic (exact) mass is 196 g/mol. The van der Waals surface area contributed by atoms with Crippen LogP contribution in [0.2, 0.25) is 0 Å². The highest BCUT2D eigenvalue weighted by molar-refractivity contribution is 6.03. The van der Waals surface area contributed by atoms with Gasteiger partial charge in [-0.3, -0.25) is 4.79 Å². The molecule has 2 aliphatic rings. The van der Waals surface area contributed by atoms with Gasteiger partial charge in [-0.15, -0.1) is 0 Å². The first-order valence-corrected chi connectivity index (χ1v) is 4.71. The molecule has 2 aliphatic heterocycles. The molecule has 1 amide bonds. The quantitative estimate of drug-likeness (QED) is 0.397. The topological polar surface area (TPSA) is 67.4 Å². The molecule has 0 radical (unpaired) electrons. The van der Waals surface area contributed by atoms with Gasteiger partial charge in [0.1, 0.15) is 5.70 Å². The summed E-state index contributed by atoms with van der Waals surface area (Å²) in [6.07, 6.45) is 1.39. The highest BCUT2D eigenvalue weighted by Gasteiger charge is 2.27. The van der Waals surface area contributed by atoms with E-state index in [1.54, 1.807) is 0 Å². The predicted molar refractivity (Wildman–Crippen MR) is 48.2 cm³/mol. The van der Waals surface area contributed by atoms with Crippen LogP contribution in [0.4, 0.5) is 0 Å². The third-order valence-corrected chi connectivity index (χ3v) is 2.30. The summed E-state index contributed by atoms with van der Waals surface area (Å²) in [5, 5.41) is 5.70. The van der Waals surface area contributed by atoms with Crippen molar-refractivity contribution < 1.29 is 14.3 Å². The molecule has 0 atom stereocenters. The van der Waals surface area contributed by atoms with Crippen molar-refractivity contribution in [2.24, 2.45) is 0 Å². The van der Waals surface area contributed by atoms with Crippen molar-refractivity contribution in [3.05, 3.63) is 11.3 Å². The Bertz CT molecular complexity index is 309. The Morgan fingerprint density at radius 3 is 2.64 bits per heavy atom. The predicted octanol–water partition coefficient (Wildman–Crippen LogP) is -0.703. The van der Waals surface area contributed by atoms with E-state index in [1.807, 2.05) is 0 Å². The average molecular weight is 196 g/mol. The van der Waals surface area contributed by atoms with E-state index in [2.05, 4.69) is 10.6 Å². The standard InChI is InChI=1S/C9H12N2O3/c12-8-7(10-3-1-4-11-8)6-2-5-14-9(6)13/h10H,1-5H2,(H,11,12)/b7-6+. The highest BCUT2D eigenvalue weighted by atomic mass is 16.5. The molecule has 2 fully saturated rings. The number of hydrogen-bond acceptors (Lipinski definition) is 4. The number of nitrogens with one attached hydrogen (secondary N) is 2. The minimum Gasteiger partial charge on any atom is -0.462 e. The van der Waals surface area contributed by atoms with Gasteiger partial charge in [-0.1, -0.05) is 0 Å². The van der Waals surface area contributed by atoms with Crippen molar-refractivity contribution in [1.82, 2.24) is 10.6 Å². The SMILES string of the molecule is O=C1OCC/C1=C1\NCCCNC1=O. The van der Waals surface area contributed by atoms with E-state index >= 15 is 0 Å². The van der Waals surface area contributed by atoms with Gasteiger partial charge in [-0.25, -0.2) is 4.79 Å². The lowest BCUT2D eigenvalue weighted by atomic mass is 10.1. The van der Waals surface area contributed by atoms with Crippen LogP contribution in [0.15, 0.2) is 11.3 Å². The Morgan fingerprint density at radius 1 is 1.14 bits per heavy atom. The van der Waals surface area contributed by atoms with Crippen LogP contribution in [0, 0.1) is 0 Å². The van der Waals surface area contributed by atoms with Crippen LogP contribution in [0.5, 0.6) is 0 Å². The van der Waals surface area contributed by atoms with Crippen LogP contribution >= 0.6 is 0 Å². The number of ether oxygens (including phenoxy) is 1. The fourth-order valence-electron chi connectivity index (χ4n) is 1.58. The molecule has 0 aromatic heterocycles. The van der Waals surface area contributed by atoms with Crippen molar-refractivity contribution in [3.63, 3.8) is 0 Å². The summed E-state index contributed by atoms with van der Waals surface area (Å²) in [6.45, 7) is 1.75. The van der Waals surface area contributed by atoms with Gasteiger partial charge >= 0.3 is 5.97 Å². The largest absolute Gasteiger partial charge is 0.462 e. The molecular formula is C9H12N2O3. The molecule has 0 bridgehead atoms. The number of cyclic esters (lactones) is 1. The average Bonchev–Trinajstić information content (AvgIpc) is 2.46. The second-order valence-corrected chi connectivity index (χ2v) is 3.28. The summed E-state index contributed by atoms with van der Waals surface area (Å²) in [7, 11) is 0. The summed E-state index contributed by atoms with van der Waals surface area (Å²) in [5.41, 5.74) is 0.870. The Labute approximate surface area is 81.5 Å². The minimum absolute atomic E-state index is 0.198. The summed E-state index contributed by atoms with van der Waals surface area (Å²) in [5.74, 6) is -0.569. The van der Waals surface area contributed by atoms with E-state index in [1.165, 1.54) is 0 Å². The van der Waals surface area contributed by atoms with Crippen molar-refractivity contribution >= 4 is 11.9 Å². The molecule has 0 saturated carbocycles. The molecule has 2 N–H and O–H groups in total. The fraction of sp³-hybridized carbons (Fsp3) is 0.556. The number of carbonyl (C=O) groups excluding carboxylic acids is 2. The van der Waals surface area contributed by atoms with Gasteiger partial charge in [0.2, 0.25) is 0 Å². The third kappa shape index (κ3) is 1.57. The van der Waals surface area contributed by atoms with Gasteiger partial charge in [0.15, 0.2) is 0 Å². The van der Waals surface area contributed by atoms with Crippen molar-refractivity contribution in [1.29, 1.82) is 0 Å². The number of esters is 1. The van der Waals surface area contributed by atoms with Crippen LogP contribution in [-0.2, 0) is 14.3 Å². The Kier molecular flexibility index (Phi) is 2.39. The summed E-state index contributed by atoms with van der Waals surface area (Å²) in [4.78, 5) is 22.7. The van der Waals surface area contributed by atoms with Crippen molar-refractivity contribution in [2.75, 3.05) is 19.7 Å². The summed E-state index contributed by atoms with van der Waals surface area (Å²) >= 11 is 0. The molecular weight excluding hydrogens is 184 g/mol. The Hall–Kier alpha value is -1.52. The van der Waals surface area contributed by atoms with Crippen molar-refractivity contribution in [3.8, 4) is 0 Å². The maximum atomic E-state index is 11.5. The number of carbonyl (C=O) groups is 2. The number of rotatable bonds is 0. The zero-order chi connectivity index (χ0) is 9.97. The van der Waals surface area contributed by atoms with Gasteiger partial charge in [-0.2, -0.15) is 0 Å². The molecule has 14 heavy (non-hydrogen) atoms. The van der Waals surface area contributed by atoms with Gasteiger partial charge in [0, 0.05) is 19.5 Å². The summed E-state index contributed by atoms with van der Waals surface area (Å²) in [6, 6.07) is 0. The lowest BCUT2D eigenvalue weighted by Gasteiger charge is -2.06. The zero-order valence-electron chi connectivity index (χ0n) is 7.76. The molecule has 0 aliphatic carbocycles. The van der Waals surface area contributed by atoms with E-state index in [0.29, 0.717) is 37.4 Å². The normalized spacial score (nSPS) is 27.7. The third-order valence-electron chi connectivity index (χ3n) is 2.30. The maximum Gasteiger partial charge on any atom is 0.336 e. The molecule has 5 nitrogen and oxygen atoms in total. The van der Waals surface area contributed by atoms with E-state index in [-0.39, 0.29) is 11.9 Å². The first-order valence-electron chi connectivity index (χ1n) is 4.71. The molecule has 2 rings (SSSR count). The Balaban J connectivity index is 2.28. The Morgan fingerprint density at radius 2 is 1.93 bits per heavy atom. The lowest BCUT2D eigenvalue weighted by molar-refractivity contribution is -0.135. The van der Waals surface area contributed by atoms with Crippen LogP contribution < -0.4 is 10.6 Å². The minimum atomic E-state index is -0.371. The fourth-order valence-corrected chi connectivity index (χ4v) is 1.58. The molecule has 0 spiro atoms. The van der Waals surface area contributed by atoms with Gasteiger partial charge in [0.25, 0.3) is 5.91 Å². The molecule has 2 saturated heterocycles. The second-order valence-electron chi connectivity index (χ2n) is 3.28. The first-order chi connectivity index (χ1) is 6.79. The van der Waals surface area contributed by atoms with Gasteiger partial charge in [-0.05, 0) is 6.42 Å². The van der Waals surface area contributed by atoms with Gasteiger partial charge in [0.05, 0.1) is 12.2 Å². The maximum absolute atomic E-state index is 11.5. The van der Waals surface area contributed by atoms with Crippen molar-refractivity contribution in [2.45, 2.75) is 12.8 Å². The molecule has 0 aromatic carbocycles. The number of hydrogen-bond donors (Lipinski definition) is 2. The second kappa shape index (κ2) is 3.69. The number of amides is 1. The molecule has 0 unspecified atom stereocenters. The molecule has 2 heterocycles. The van der Waals surface area contributed by atoms with E-state index < -0.39 is 0 Å². The van der Waals surface area contributed by atoms with E-state index in [9.17, 15) is 9.59 Å². The summed E-state index contributed by atoms with van der Waals surface area (Å²) < 4.78 is 4.79. The smallest absolute Gasteiger partial charge is 0.336 e. The van der Waals surface area contributed by atoms with E-state index in [4.69, 9.17) is 4.74 Å². The van der Waals surface area contributed by atoms with Gasteiger partial charge < -0.3 is 15.4 Å². The van der Waals surface area contributed by atoms with Crippen LogP contribution in [0.1, 0.15) is 12.8 Å². The molecule has 0 aromatic rings. The first kappa shape index (κ1) is 9.05. The molecule has 76 valence electrons. The van der Waals surface area contributed by atoms with Crippen LogP contribution in [0.25, 0.3) is 0 Å². The highest BCUT2D eigenvalue weighted by Crippen LogP contribution is 2.17.